The lowest BCUT2D eigenvalue weighted by molar-refractivity contribution is -0.115. The van der Waals surface area contributed by atoms with E-state index >= 15 is 0 Å². The zero-order valence-corrected chi connectivity index (χ0v) is 16.5. The van der Waals surface area contributed by atoms with Gasteiger partial charge in [-0.3, -0.25) is 4.79 Å². The Morgan fingerprint density at radius 3 is 2.45 bits per heavy atom. The molecule has 0 atom stereocenters. The summed E-state index contributed by atoms with van der Waals surface area (Å²) in [6.07, 6.45) is 0.119. The standard InChI is InChI=1S/C21H17ClFN5O/c1-12-18(11-19(29)25-17-9-7-16(23)8-10-17)13(2)28-21(24-12)26-20(27-28)14-3-5-15(22)6-4-14/h3-10H,11H2,1-2H3,(H,25,29). The van der Waals surface area contributed by atoms with Crippen LogP contribution in [-0.4, -0.2) is 25.5 Å². The molecular weight excluding hydrogens is 393 g/mol. The highest BCUT2D eigenvalue weighted by atomic mass is 35.5. The van der Waals surface area contributed by atoms with Crippen LogP contribution in [0.3, 0.4) is 0 Å². The molecule has 1 amide bonds. The summed E-state index contributed by atoms with van der Waals surface area (Å²) in [7, 11) is 0. The molecule has 29 heavy (non-hydrogen) atoms. The number of aromatic nitrogens is 4. The van der Waals surface area contributed by atoms with Gasteiger partial charge in [0.05, 0.1) is 6.42 Å². The van der Waals surface area contributed by atoms with Crippen molar-refractivity contribution in [3.05, 3.63) is 76.3 Å². The number of nitrogens with one attached hydrogen (secondary N) is 1. The molecule has 0 fully saturated rings. The van der Waals surface area contributed by atoms with E-state index in [0.717, 1.165) is 16.8 Å². The van der Waals surface area contributed by atoms with Gasteiger partial charge in [0.25, 0.3) is 5.78 Å². The molecule has 0 unspecified atom stereocenters. The highest BCUT2D eigenvalue weighted by molar-refractivity contribution is 6.30. The molecule has 0 aliphatic rings. The second-order valence-corrected chi connectivity index (χ2v) is 7.08. The van der Waals surface area contributed by atoms with Gasteiger partial charge in [-0.15, -0.1) is 5.10 Å². The molecule has 8 heteroatoms. The van der Waals surface area contributed by atoms with E-state index in [2.05, 4.69) is 20.4 Å². The second-order valence-electron chi connectivity index (χ2n) is 6.65. The van der Waals surface area contributed by atoms with Crippen molar-refractivity contribution in [1.29, 1.82) is 0 Å². The third kappa shape index (κ3) is 3.95. The Kier molecular flexibility index (Phi) is 4.98. The van der Waals surface area contributed by atoms with Crippen molar-refractivity contribution < 1.29 is 9.18 Å². The summed E-state index contributed by atoms with van der Waals surface area (Å²) < 4.78 is 14.7. The lowest BCUT2D eigenvalue weighted by Crippen LogP contribution is -2.17. The molecule has 4 rings (SSSR count). The van der Waals surface area contributed by atoms with Gasteiger partial charge >= 0.3 is 0 Å². The van der Waals surface area contributed by atoms with Gasteiger partial charge in [0.2, 0.25) is 5.91 Å². The monoisotopic (exact) mass is 409 g/mol. The molecule has 0 spiro atoms. The largest absolute Gasteiger partial charge is 0.326 e. The Morgan fingerprint density at radius 2 is 1.76 bits per heavy atom. The van der Waals surface area contributed by atoms with Crippen molar-refractivity contribution >= 4 is 29.0 Å². The number of anilines is 1. The van der Waals surface area contributed by atoms with Crippen molar-refractivity contribution in [3.63, 3.8) is 0 Å². The Balaban J connectivity index is 1.63. The topological polar surface area (TPSA) is 72.2 Å². The fraction of sp³-hybridized carbons (Fsp3) is 0.143. The van der Waals surface area contributed by atoms with Gasteiger partial charge in [-0.05, 0) is 62.4 Å². The number of halogens is 2. The number of fused-ring (bicyclic) bond motifs is 1. The summed E-state index contributed by atoms with van der Waals surface area (Å²) in [5, 5.41) is 7.94. The molecule has 0 aliphatic carbocycles. The predicted molar refractivity (Wildman–Crippen MR) is 109 cm³/mol. The quantitative estimate of drug-likeness (QED) is 0.543. The molecule has 0 saturated heterocycles. The average Bonchev–Trinajstić information content (AvgIpc) is 3.11. The van der Waals surface area contributed by atoms with Crippen molar-refractivity contribution in [1.82, 2.24) is 19.6 Å². The van der Waals surface area contributed by atoms with E-state index in [9.17, 15) is 9.18 Å². The predicted octanol–water partition coefficient (Wildman–Crippen LogP) is 4.38. The van der Waals surface area contributed by atoms with Crippen molar-refractivity contribution in [2.75, 3.05) is 5.32 Å². The molecule has 0 radical (unpaired) electrons. The molecule has 0 aliphatic heterocycles. The third-order valence-electron chi connectivity index (χ3n) is 4.62. The first kappa shape index (κ1) is 19.0. The number of carbonyl (C=O) groups excluding carboxylic acids is 1. The normalized spacial score (nSPS) is 11.0. The first-order valence-electron chi connectivity index (χ1n) is 8.95. The minimum Gasteiger partial charge on any atom is -0.326 e. The molecule has 2 aromatic heterocycles. The summed E-state index contributed by atoms with van der Waals surface area (Å²) in [6, 6.07) is 12.9. The number of hydrogen-bond acceptors (Lipinski definition) is 4. The molecule has 146 valence electrons. The maximum Gasteiger partial charge on any atom is 0.253 e. The summed E-state index contributed by atoms with van der Waals surface area (Å²) in [5.41, 5.74) is 3.62. The van der Waals surface area contributed by atoms with Crippen LogP contribution in [0, 0.1) is 19.7 Å². The molecule has 4 aromatic rings. The lowest BCUT2D eigenvalue weighted by Gasteiger charge is -2.10. The summed E-state index contributed by atoms with van der Waals surface area (Å²) >= 11 is 5.94. The van der Waals surface area contributed by atoms with E-state index in [1.54, 1.807) is 16.6 Å². The Hall–Kier alpha value is -3.32. The molecular formula is C21H17ClFN5O. The van der Waals surface area contributed by atoms with Gasteiger partial charge in [0.15, 0.2) is 5.82 Å². The Morgan fingerprint density at radius 1 is 1.07 bits per heavy atom. The maximum absolute atomic E-state index is 13.0. The summed E-state index contributed by atoms with van der Waals surface area (Å²) in [4.78, 5) is 21.5. The van der Waals surface area contributed by atoms with Crippen molar-refractivity contribution in [2.24, 2.45) is 0 Å². The van der Waals surface area contributed by atoms with Crippen LogP contribution in [0.4, 0.5) is 10.1 Å². The number of benzene rings is 2. The van der Waals surface area contributed by atoms with Crippen LogP contribution < -0.4 is 5.32 Å². The smallest absolute Gasteiger partial charge is 0.253 e. The number of carbonyl (C=O) groups is 1. The third-order valence-corrected chi connectivity index (χ3v) is 4.87. The van der Waals surface area contributed by atoms with E-state index in [1.807, 2.05) is 26.0 Å². The van der Waals surface area contributed by atoms with Gasteiger partial charge in [0, 0.05) is 33.2 Å². The van der Waals surface area contributed by atoms with Gasteiger partial charge < -0.3 is 5.32 Å². The van der Waals surface area contributed by atoms with Crippen LogP contribution in [0.2, 0.25) is 5.02 Å². The van der Waals surface area contributed by atoms with Crippen LogP contribution in [0.1, 0.15) is 17.0 Å². The van der Waals surface area contributed by atoms with Crippen molar-refractivity contribution in [3.8, 4) is 11.4 Å². The molecule has 0 saturated carbocycles. The summed E-state index contributed by atoms with van der Waals surface area (Å²) in [6.45, 7) is 3.71. The van der Waals surface area contributed by atoms with Crippen LogP contribution >= 0.6 is 11.6 Å². The molecule has 1 N–H and O–H groups in total. The van der Waals surface area contributed by atoms with E-state index in [1.165, 1.54) is 24.3 Å². The highest BCUT2D eigenvalue weighted by Crippen LogP contribution is 2.21. The van der Waals surface area contributed by atoms with Crippen molar-refractivity contribution in [2.45, 2.75) is 20.3 Å². The van der Waals surface area contributed by atoms with Crippen LogP contribution in [0.15, 0.2) is 48.5 Å². The minimum absolute atomic E-state index is 0.119. The molecule has 2 heterocycles. The van der Waals surface area contributed by atoms with E-state index in [4.69, 9.17) is 11.6 Å². The van der Waals surface area contributed by atoms with Gasteiger partial charge in [-0.1, -0.05) is 11.6 Å². The first-order valence-corrected chi connectivity index (χ1v) is 9.33. The molecule has 6 nitrogen and oxygen atoms in total. The van der Waals surface area contributed by atoms with Crippen LogP contribution in [0.5, 0.6) is 0 Å². The number of hydrogen-bond donors (Lipinski definition) is 1. The van der Waals surface area contributed by atoms with Gasteiger partial charge in [-0.2, -0.15) is 4.98 Å². The number of rotatable bonds is 4. The molecule has 0 bridgehead atoms. The minimum atomic E-state index is -0.355. The fourth-order valence-electron chi connectivity index (χ4n) is 3.08. The Bertz CT molecular complexity index is 1200. The number of aryl methyl sites for hydroxylation is 2. The maximum atomic E-state index is 13.0. The highest BCUT2D eigenvalue weighted by Gasteiger charge is 2.17. The second kappa shape index (κ2) is 7.60. The van der Waals surface area contributed by atoms with Gasteiger partial charge in [0.1, 0.15) is 5.82 Å². The summed E-state index contributed by atoms with van der Waals surface area (Å²) in [5.74, 6) is 0.422. The van der Waals surface area contributed by atoms with E-state index < -0.39 is 0 Å². The Labute approximate surface area is 171 Å². The van der Waals surface area contributed by atoms with E-state index in [0.29, 0.717) is 28.0 Å². The average molecular weight is 410 g/mol. The van der Waals surface area contributed by atoms with E-state index in [-0.39, 0.29) is 18.1 Å². The first-order chi connectivity index (χ1) is 13.9. The molecule has 2 aromatic carbocycles. The lowest BCUT2D eigenvalue weighted by atomic mass is 10.1. The van der Waals surface area contributed by atoms with Crippen LogP contribution in [0.25, 0.3) is 17.2 Å². The zero-order chi connectivity index (χ0) is 20.5. The van der Waals surface area contributed by atoms with Crippen LogP contribution in [-0.2, 0) is 11.2 Å². The fourth-order valence-corrected chi connectivity index (χ4v) is 3.21. The number of nitrogens with zero attached hydrogens (tertiary/aromatic N) is 4. The zero-order valence-electron chi connectivity index (χ0n) is 15.8. The number of amides is 1. The SMILES string of the molecule is Cc1nc2nc(-c3ccc(Cl)cc3)nn2c(C)c1CC(=O)Nc1ccc(F)cc1. The van der Waals surface area contributed by atoms with Gasteiger partial charge in [-0.25, -0.2) is 13.9 Å².